The van der Waals surface area contributed by atoms with Gasteiger partial charge in [-0.15, -0.1) is 16.4 Å². The minimum Gasteiger partial charge on any atom is -0.391 e. The van der Waals surface area contributed by atoms with E-state index < -0.39 is 95.4 Å². The van der Waals surface area contributed by atoms with E-state index >= 15 is 0 Å². The molecule has 0 unspecified atom stereocenters. The molecule has 3 aromatic carbocycles. The van der Waals surface area contributed by atoms with Gasteiger partial charge in [0.05, 0.1) is 84.1 Å². The lowest BCUT2D eigenvalue weighted by Crippen LogP contribution is -2.58. The number of halogens is 4. The van der Waals surface area contributed by atoms with Crippen molar-refractivity contribution in [3.05, 3.63) is 132 Å². The number of carbonyl (C=O) groups excluding carboxylic acids is 3. The topological polar surface area (TPSA) is 248 Å². The van der Waals surface area contributed by atoms with Crippen LogP contribution < -0.4 is 27.3 Å². The van der Waals surface area contributed by atoms with Crippen LogP contribution in [0, 0.1) is 29.8 Å². The van der Waals surface area contributed by atoms with Crippen molar-refractivity contribution in [3.8, 4) is 10.4 Å². The molecule has 1 aliphatic heterocycles. The predicted octanol–water partition coefficient (Wildman–Crippen LogP) is 4.07. The van der Waals surface area contributed by atoms with E-state index in [2.05, 4.69) is 41.3 Å². The van der Waals surface area contributed by atoms with Crippen LogP contribution >= 0.6 is 22.9 Å². The Morgan fingerprint density at radius 1 is 0.960 bits per heavy atom. The lowest BCUT2D eigenvalue weighted by molar-refractivity contribution is -0.144. The highest BCUT2D eigenvalue weighted by atomic mass is 35.5. The summed E-state index contributed by atoms with van der Waals surface area (Å²) in [6, 6.07) is 9.84. The minimum atomic E-state index is -1.43. The molecule has 0 radical (unpaired) electrons. The second-order valence-electron chi connectivity index (χ2n) is 18.9. The predicted molar refractivity (Wildman–Crippen MR) is 270 cm³/mol. The summed E-state index contributed by atoms with van der Waals surface area (Å²) in [6.07, 6.45) is 2.28. The summed E-state index contributed by atoms with van der Waals surface area (Å²) >= 11 is 8.05. The second kappa shape index (κ2) is 23.1. The number of hydrogen-bond donors (Lipinski definition) is 4. The Morgan fingerprint density at radius 3 is 2.44 bits per heavy atom. The molecule has 0 aliphatic carbocycles. The van der Waals surface area contributed by atoms with Gasteiger partial charge in [0.2, 0.25) is 23.7 Å². The molecule has 7 aromatic rings. The van der Waals surface area contributed by atoms with Gasteiger partial charge in [0.15, 0.2) is 11.6 Å². The number of ether oxygens (including phenoxy) is 2. The van der Waals surface area contributed by atoms with Crippen molar-refractivity contribution in [1.82, 2.24) is 59.4 Å². The highest BCUT2D eigenvalue weighted by Crippen LogP contribution is 2.31. The molecule has 5 heterocycles. The quantitative estimate of drug-likeness (QED) is 0.0621. The van der Waals surface area contributed by atoms with Gasteiger partial charge in [-0.3, -0.25) is 23.6 Å². The number of rotatable bonds is 20. The van der Waals surface area contributed by atoms with E-state index in [4.69, 9.17) is 21.1 Å². The van der Waals surface area contributed by atoms with Crippen LogP contribution in [-0.4, -0.2) is 123 Å². The summed E-state index contributed by atoms with van der Waals surface area (Å²) in [5, 5.41) is 32.2. The van der Waals surface area contributed by atoms with Crippen LogP contribution in [0.2, 0.25) is 5.02 Å². The first kappa shape index (κ1) is 54.0. The summed E-state index contributed by atoms with van der Waals surface area (Å²) in [7, 11) is 1.71. The zero-order valence-electron chi connectivity index (χ0n) is 41.4. The van der Waals surface area contributed by atoms with Gasteiger partial charge < -0.3 is 35.4 Å². The lowest BCUT2D eigenvalue weighted by atomic mass is 9.85. The van der Waals surface area contributed by atoms with Gasteiger partial charge in [0.25, 0.3) is 0 Å². The molecule has 396 valence electrons. The van der Waals surface area contributed by atoms with Crippen LogP contribution in [0.3, 0.4) is 0 Å². The Kier molecular flexibility index (Phi) is 16.6. The molecule has 1 fully saturated rings. The van der Waals surface area contributed by atoms with Crippen LogP contribution in [0.15, 0.2) is 76.0 Å². The van der Waals surface area contributed by atoms with E-state index in [1.165, 1.54) is 15.8 Å². The van der Waals surface area contributed by atoms with Crippen LogP contribution in [0.4, 0.5) is 24.8 Å². The average Bonchev–Trinajstić information content (AvgIpc) is 4.18. The monoisotopic (exact) mass is 1080 g/mol. The highest BCUT2D eigenvalue weighted by molar-refractivity contribution is 7.13. The second-order valence-corrected chi connectivity index (χ2v) is 20.2. The maximum atomic E-state index is 14.9. The van der Waals surface area contributed by atoms with Crippen molar-refractivity contribution < 1.29 is 42.1 Å². The molecule has 3 atom stereocenters. The number of carbonyl (C=O) groups is 3. The van der Waals surface area contributed by atoms with Gasteiger partial charge in [-0.2, -0.15) is 10.1 Å². The first-order valence-corrected chi connectivity index (χ1v) is 24.8. The van der Waals surface area contributed by atoms with Gasteiger partial charge in [0, 0.05) is 49.8 Å². The molecule has 75 heavy (non-hydrogen) atoms. The first-order valence-electron chi connectivity index (χ1n) is 23.6. The summed E-state index contributed by atoms with van der Waals surface area (Å²) in [5.74, 6) is -5.80. The van der Waals surface area contributed by atoms with Crippen molar-refractivity contribution in [2.45, 2.75) is 78.5 Å². The normalized spacial score (nSPS) is 15.1. The van der Waals surface area contributed by atoms with Crippen molar-refractivity contribution in [2.24, 2.45) is 12.5 Å². The molecule has 4 aromatic heterocycles. The Bertz CT molecular complexity index is 3360. The smallest absolute Gasteiger partial charge is 0.355 e. The van der Waals surface area contributed by atoms with E-state index in [0.29, 0.717) is 27.6 Å². The Labute approximate surface area is 435 Å². The molecular formula is C49H53ClF3N13O8S. The van der Waals surface area contributed by atoms with Gasteiger partial charge in [-0.1, -0.05) is 61.9 Å². The number of thiazole rings is 1. The number of aromatic nitrogens is 9. The van der Waals surface area contributed by atoms with E-state index in [9.17, 15) is 42.3 Å². The van der Waals surface area contributed by atoms with Crippen LogP contribution in [0.25, 0.3) is 21.3 Å². The Hall–Kier alpha value is -7.32. The maximum absolute atomic E-state index is 14.9. The van der Waals surface area contributed by atoms with Crippen molar-refractivity contribution in [1.29, 1.82) is 0 Å². The third-order valence-electron chi connectivity index (χ3n) is 12.2. The van der Waals surface area contributed by atoms with Crippen molar-refractivity contribution in [3.63, 3.8) is 0 Å². The number of anilines is 2. The molecule has 1 aliphatic rings. The number of aryl methyl sites for hydroxylation is 2. The number of benzene rings is 3. The molecule has 4 N–H and O–H groups in total. The number of hydrogen-bond acceptors (Lipinski definition) is 15. The number of β-amino-alcohol motifs (C(OH)–C–C–N with tert-alkyl or cyclic N) is 1. The van der Waals surface area contributed by atoms with Gasteiger partial charge >= 0.3 is 11.4 Å². The fraction of sp³-hybridized carbons (Fsp3) is 0.388. The molecule has 1 saturated heterocycles. The fourth-order valence-electron chi connectivity index (χ4n) is 8.35. The summed E-state index contributed by atoms with van der Waals surface area (Å²) in [6.45, 7) is 6.26. The third-order valence-corrected chi connectivity index (χ3v) is 13.5. The zero-order chi connectivity index (χ0) is 53.7. The van der Waals surface area contributed by atoms with Gasteiger partial charge in [0.1, 0.15) is 30.2 Å². The average molecular weight is 1080 g/mol. The lowest BCUT2D eigenvalue weighted by Gasteiger charge is -2.35. The maximum Gasteiger partial charge on any atom is 0.355 e. The number of aliphatic hydroxyl groups excluding tert-OH is 1. The first-order chi connectivity index (χ1) is 35.7. The molecular weight excluding hydrogens is 1020 g/mol. The highest BCUT2D eigenvalue weighted by Gasteiger charge is 2.44. The van der Waals surface area contributed by atoms with Crippen LogP contribution in [-0.2, 0) is 57.1 Å². The molecule has 0 spiro atoms. The third kappa shape index (κ3) is 13.0. The standard InChI is InChI=1S/C49H53ClF3N13O8S/c1-27-42(75-26-55-27)29-8-6-28(7-9-29)19-54-44(69)40-16-33(67)24-64(40)45(70)43(49(2,3)4)57-41(68)25-74-13-12-73-11-10-63-22-32(59-61-63)23-66-47(71)58-46(56-39-15-31-20-62(5)60-38(31)17-34(39)50)65(48(66)72)21-30-14-36(52)37(53)18-35(30)51/h6-9,14-15,17-18,20,22,26,33,40,43,67H,10-13,16,19,21,23-25H2,1-5H3,(H,54,69)(H,57,68)(H,56,58,71)/t33-,40+,43-/m1/s1. The summed E-state index contributed by atoms with van der Waals surface area (Å²) in [5.41, 5.74) is 2.33. The number of nitrogens with zero attached hydrogens (tertiary/aromatic N) is 10. The molecule has 3 amide bonds. The fourth-order valence-corrected chi connectivity index (χ4v) is 9.37. The van der Waals surface area contributed by atoms with Crippen LogP contribution in [0.1, 0.15) is 49.7 Å². The number of nitrogens with one attached hydrogen (secondary N) is 3. The van der Waals surface area contributed by atoms with Gasteiger partial charge in [-0.05, 0) is 41.7 Å². The van der Waals surface area contributed by atoms with E-state index in [1.54, 1.807) is 67.7 Å². The SMILES string of the molecule is Cc1ncsc1-c1ccc(CNC(=O)[C@@H]2C[C@@H](O)CN2C(=O)[C@@H](NC(=O)COCCOCCn2cc(Cn3c(=O)nc(Nc4cc5cn(C)nc5cc4Cl)n(Cc4cc(F)c(F)cc4F)c3=O)nn2)C(C)(C)C)cc1. The van der Waals surface area contributed by atoms with Gasteiger partial charge in [-0.25, -0.2) is 37.0 Å². The molecule has 0 bridgehead atoms. The summed E-state index contributed by atoms with van der Waals surface area (Å²) < 4.78 is 58.8. The minimum absolute atomic E-state index is 0.00408. The largest absolute Gasteiger partial charge is 0.391 e. The Balaban J connectivity index is 0.816. The molecule has 21 nitrogen and oxygen atoms in total. The van der Waals surface area contributed by atoms with Crippen molar-refractivity contribution >= 4 is 63.2 Å². The van der Waals surface area contributed by atoms with E-state index in [-0.39, 0.29) is 68.2 Å². The van der Waals surface area contributed by atoms with E-state index in [1.807, 2.05) is 31.2 Å². The summed E-state index contributed by atoms with van der Waals surface area (Å²) in [4.78, 5) is 78.7. The Morgan fingerprint density at radius 2 is 1.71 bits per heavy atom. The zero-order valence-corrected chi connectivity index (χ0v) is 42.9. The molecule has 0 saturated carbocycles. The van der Waals surface area contributed by atoms with E-state index in [0.717, 1.165) is 26.3 Å². The molecule has 26 heteroatoms. The number of likely N-dealkylation sites (tertiary alicyclic amines) is 1. The number of fused-ring (bicyclic) bond motifs is 1. The van der Waals surface area contributed by atoms with Crippen molar-refractivity contribution in [2.75, 3.05) is 38.3 Å². The molecule has 8 rings (SSSR count). The number of amides is 3. The van der Waals surface area contributed by atoms with Crippen LogP contribution in [0.5, 0.6) is 0 Å². The number of aliphatic hydroxyl groups is 1.